The molecule has 0 saturated carbocycles. The lowest BCUT2D eigenvalue weighted by atomic mass is 10.0. The van der Waals surface area contributed by atoms with Gasteiger partial charge in [-0.15, -0.1) is 0 Å². The van der Waals surface area contributed by atoms with Crippen molar-refractivity contribution in [1.82, 2.24) is 4.98 Å². The normalized spacial score (nSPS) is 10.9. The fourth-order valence-electron chi connectivity index (χ4n) is 2.25. The molecule has 0 fully saturated rings. The molecule has 2 aromatic carbocycles. The Bertz CT molecular complexity index is 740. The Hall–Kier alpha value is -2.67. The number of benzene rings is 2. The van der Waals surface area contributed by atoms with Crippen molar-refractivity contribution >= 4 is 12.2 Å². The number of nitrogens with zero attached hydrogens (tertiary/aromatic N) is 1. The topological polar surface area (TPSA) is 12.9 Å². The first-order chi connectivity index (χ1) is 10.3. The van der Waals surface area contributed by atoms with Crippen LogP contribution in [0.4, 0.5) is 0 Å². The summed E-state index contributed by atoms with van der Waals surface area (Å²) in [6.07, 6.45) is 5.98. The molecule has 0 saturated heterocycles. The van der Waals surface area contributed by atoms with E-state index in [9.17, 15) is 0 Å². The molecule has 0 amide bonds. The van der Waals surface area contributed by atoms with Crippen LogP contribution in [-0.2, 0) is 0 Å². The lowest BCUT2D eigenvalue weighted by Crippen LogP contribution is -1.81. The van der Waals surface area contributed by atoms with Crippen LogP contribution in [0.15, 0.2) is 72.9 Å². The average molecular weight is 271 g/mol. The molecule has 1 aromatic heterocycles. The van der Waals surface area contributed by atoms with Gasteiger partial charge in [-0.25, -0.2) is 0 Å². The largest absolute Gasteiger partial charge is 0.257 e. The average Bonchev–Trinajstić information content (AvgIpc) is 2.54. The minimum absolute atomic E-state index is 0.988. The van der Waals surface area contributed by atoms with E-state index in [0.717, 1.165) is 5.69 Å². The summed E-state index contributed by atoms with van der Waals surface area (Å²) in [5.41, 5.74) is 5.87. The van der Waals surface area contributed by atoms with Crippen LogP contribution in [0.25, 0.3) is 23.3 Å². The molecule has 0 spiro atoms. The number of hydrogen-bond acceptors (Lipinski definition) is 1. The summed E-state index contributed by atoms with van der Waals surface area (Å²) in [5.74, 6) is 0. The monoisotopic (exact) mass is 271 g/mol. The lowest BCUT2D eigenvalue weighted by Gasteiger charge is -2.02. The molecule has 1 nitrogen and oxygen atoms in total. The van der Waals surface area contributed by atoms with Gasteiger partial charge in [-0.3, -0.25) is 4.98 Å². The maximum absolute atomic E-state index is 4.33. The van der Waals surface area contributed by atoms with E-state index < -0.39 is 0 Å². The second kappa shape index (κ2) is 6.19. The number of aryl methyl sites for hydroxylation is 1. The fourth-order valence-corrected chi connectivity index (χ4v) is 2.25. The summed E-state index contributed by atoms with van der Waals surface area (Å²) in [6, 6.07) is 23.1. The van der Waals surface area contributed by atoms with E-state index in [2.05, 4.69) is 72.6 Å². The van der Waals surface area contributed by atoms with E-state index in [0.29, 0.717) is 0 Å². The minimum Gasteiger partial charge on any atom is -0.257 e. The molecule has 0 bridgehead atoms. The van der Waals surface area contributed by atoms with Gasteiger partial charge in [0.25, 0.3) is 0 Å². The quantitative estimate of drug-likeness (QED) is 0.636. The molecule has 1 heteroatoms. The second-order valence-electron chi connectivity index (χ2n) is 5.08. The van der Waals surface area contributed by atoms with Crippen molar-refractivity contribution in [3.63, 3.8) is 0 Å². The van der Waals surface area contributed by atoms with Gasteiger partial charge in [0.2, 0.25) is 0 Å². The predicted octanol–water partition coefficient (Wildman–Crippen LogP) is 5.23. The van der Waals surface area contributed by atoms with Crippen LogP contribution in [0.3, 0.4) is 0 Å². The molecule has 3 rings (SSSR count). The number of aromatic nitrogens is 1. The summed E-state index contributed by atoms with van der Waals surface area (Å²) in [4.78, 5) is 4.33. The zero-order valence-corrected chi connectivity index (χ0v) is 12.0. The van der Waals surface area contributed by atoms with Gasteiger partial charge in [-0.1, -0.05) is 60.7 Å². The van der Waals surface area contributed by atoms with E-state index in [4.69, 9.17) is 0 Å². The van der Waals surface area contributed by atoms with E-state index in [1.807, 2.05) is 24.4 Å². The highest BCUT2D eigenvalue weighted by atomic mass is 14.6. The van der Waals surface area contributed by atoms with Crippen molar-refractivity contribution in [1.29, 1.82) is 0 Å². The first-order valence-electron chi connectivity index (χ1n) is 7.07. The van der Waals surface area contributed by atoms with Gasteiger partial charge in [-0.2, -0.15) is 0 Å². The van der Waals surface area contributed by atoms with Gasteiger partial charge < -0.3 is 0 Å². The van der Waals surface area contributed by atoms with Crippen LogP contribution in [0.2, 0.25) is 0 Å². The molecule has 102 valence electrons. The van der Waals surface area contributed by atoms with Crippen molar-refractivity contribution < 1.29 is 0 Å². The van der Waals surface area contributed by atoms with E-state index in [1.165, 1.54) is 22.3 Å². The molecule has 3 aromatic rings. The molecular weight excluding hydrogens is 254 g/mol. The Morgan fingerprint density at radius 2 is 1.48 bits per heavy atom. The highest BCUT2D eigenvalue weighted by molar-refractivity contribution is 5.71. The molecule has 0 N–H and O–H groups in total. The molecule has 0 aliphatic carbocycles. The van der Waals surface area contributed by atoms with Crippen molar-refractivity contribution in [3.05, 3.63) is 89.7 Å². The zero-order valence-electron chi connectivity index (χ0n) is 12.0. The maximum Gasteiger partial charge on any atom is 0.0632 e. The third-order valence-corrected chi connectivity index (χ3v) is 3.40. The Morgan fingerprint density at radius 3 is 2.19 bits per heavy atom. The molecule has 0 radical (unpaired) electrons. The summed E-state index contributed by atoms with van der Waals surface area (Å²) in [5, 5.41) is 0. The van der Waals surface area contributed by atoms with Gasteiger partial charge in [-0.05, 0) is 47.4 Å². The molecule has 21 heavy (non-hydrogen) atoms. The summed E-state index contributed by atoms with van der Waals surface area (Å²) < 4.78 is 0. The zero-order chi connectivity index (χ0) is 14.5. The smallest absolute Gasteiger partial charge is 0.0632 e. The molecule has 0 aliphatic rings. The van der Waals surface area contributed by atoms with Crippen LogP contribution in [0, 0.1) is 6.92 Å². The van der Waals surface area contributed by atoms with Crippen LogP contribution in [0.1, 0.15) is 16.8 Å². The van der Waals surface area contributed by atoms with Crippen molar-refractivity contribution in [2.24, 2.45) is 0 Å². The Kier molecular flexibility index (Phi) is 3.92. The molecule has 0 unspecified atom stereocenters. The van der Waals surface area contributed by atoms with Crippen molar-refractivity contribution in [2.75, 3.05) is 0 Å². The molecular formula is C20H17N. The summed E-state index contributed by atoms with van der Waals surface area (Å²) >= 11 is 0. The fraction of sp³-hybridized carbons (Fsp3) is 0.0500. The van der Waals surface area contributed by atoms with Crippen molar-refractivity contribution in [2.45, 2.75) is 6.92 Å². The standard InChI is InChI=1S/C20H17N/c1-16-13-14-21-20(15-16)12-9-17-7-10-19(11-8-17)18-5-3-2-4-6-18/h2-15H,1H3/b12-9+. The van der Waals surface area contributed by atoms with Gasteiger partial charge in [0, 0.05) is 6.20 Å². The maximum atomic E-state index is 4.33. The SMILES string of the molecule is Cc1ccnc(/C=C/c2ccc(-c3ccccc3)cc2)c1. The third-order valence-electron chi connectivity index (χ3n) is 3.40. The van der Waals surface area contributed by atoms with Gasteiger partial charge in [0.1, 0.15) is 0 Å². The Balaban J connectivity index is 1.79. The van der Waals surface area contributed by atoms with E-state index in [-0.39, 0.29) is 0 Å². The lowest BCUT2D eigenvalue weighted by molar-refractivity contribution is 1.26. The molecule has 0 aliphatic heterocycles. The highest BCUT2D eigenvalue weighted by Gasteiger charge is 1.96. The van der Waals surface area contributed by atoms with Gasteiger partial charge >= 0.3 is 0 Å². The predicted molar refractivity (Wildman–Crippen MR) is 89.8 cm³/mol. The minimum atomic E-state index is 0.988. The summed E-state index contributed by atoms with van der Waals surface area (Å²) in [7, 11) is 0. The van der Waals surface area contributed by atoms with Crippen molar-refractivity contribution in [3.8, 4) is 11.1 Å². The van der Waals surface area contributed by atoms with E-state index in [1.54, 1.807) is 0 Å². The first kappa shape index (κ1) is 13.3. The second-order valence-corrected chi connectivity index (χ2v) is 5.08. The Morgan fingerprint density at radius 1 is 0.762 bits per heavy atom. The van der Waals surface area contributed by atoms with Gasteiger partial charge in [0.15, 0.2) is 0 Å². The third kappa shape index (κ3) is 3.46. The number of pyridine rings is 1. The molecule has 1 heterocycles. The van der Waals surface area contributed by atoms with Crippen LogP contribution in [-0.4, -0.2) is 4.98 Å². The summed E-state index contributed by atoms with van der Waals surface area (Å²) in [6.45, 7) is 2.08. The molecule has 0 atom stereocenters. The van der Waals surface area contributed by atoms with Crippen LogP contribution >= 0.6 is 0 Å². The number of hydrogen-bond donors (Lipinski definition) is 0. The van der Waals surface area contributed by atoms with Gasteiger partial charge in [0.05, 0.1) is 5.69 Å². The highest BCUT2D eigenvalue weighted by Crippen LogP contribution is 2.20. The van der Waals surface area contributed by atoms with Crippen LogP contribution < -0.4 is 0 Å². The number of rotatable bonds is 3. The van der Waals surface area contributed by atoms with E-state index >= 15 is 0 Å². The Labute approximate surface area is 125 Å². The van der Waals surface area contributed by atoms with Crippen LogP contribution in [0.5, 0.6) is 0 Å². The first-order valence-corrected chi connectivity index (χ1v) is 7.07.